The van der Waals surface area contributed by atoms with Crippen LogP contribution in [-0.4, -0.2) is 34.6 Å². The molecule has 0 aromatic heterocycles. The first-order valence-electron chi connectivity index (χ1n) is 9.96. The second kappa shape index (κ2) is 12.4. The number of rotatable bonds is 10. The van der Waals surface area contributed by atoms with Crippen LogP contribution in [0.5, 0.6) is 0 Å². The first kappa shape index (κ1) is 24.8. The smallest absolute Gasteiger partial charge is 0.242 e. The predicted molar refractivity (Wildman–Crippen MR) is 130 cm³/mol. The molecule has 2 aromatic rings. The SMILES string of the molecule is CCC(C)NC(=O)C(C)N(Cc1cccc(Br)c1)C(=O)CSCc1ccc(Cl)cc1. The van der Waals surface area contributed by atoms with Crippen LogP contribution in [0.3, 0.4) is 0 Å². The molecule has 4 nitrogen and oxygen atoms in total. The van der Waals surface area contributed by atoms with Crippen molar-refractivity contribution in [3.63, 3.8) is 0 Å². The second-order valence-corrected chi connectivity index (χ2v) is 9.60. The van der Waals surface area contributed by atoms with Crippen molar-refractivity contribution in [3.05, 3.63) is 69.2 Å². The fraction of sp³-hybridized carbons (Fsp3) is 0.391. The largest absolute Gasteiger partial charge is 0.352 e. The van der Waals surface area contributed by atoms with Crippen molar-refractivity contribution in [2.24, 2.45) is 0 Å². The number of hydrogen-bond donors (Lipinski definition) is 1. The standard InChI is InChI=1S/C23H28BrClN2O2S/c1-4-16(2)26-23(29)17(3)27(13-19-6-5-7-20(24)12-19)22(28)15-30-14-18-8-10-21(25)11-9-18/h5-12,16-17H,4,13-15H2,1-3H3,(H,26,29). The van der Waals surface area contributed by atoms with Gasteiger partial charge in [-0.25, -0.2) is 0 Å². The van der Waals surface area contributed by atoms with Crippen molar-refractivity contribution in [2.75, 3.05) is 5.75 Å². The Bertz CT molecular complexity index is 847. The summed E-state index contributed by atoms with van der Waals surface area (Å²) in [6.45, 7) is 6.16. The number of thioether (sulfide) groups is 1. The summed E-state index contributed by atoms with van der Waals surface area (Å²) in [4.78, 5) is 27.4. The van der Waals surface area contributed by atoms with Gasteiger partial charge in [-0.2, -0.15) is 0 Å². The van der Waals surface area contributed by atoms with Gasteiger partial charge in [0, 0.05) is 27.8 Å². The number of halogens is 2. The quantitative estimate of drug-likeness (QED) is 0.447. The Morgan fingerprint density at radius 3 is 2.47 bits per heavy atom. The average molecular weight is 512 g/mol. The van der Waals surface area contributed by atoms with Crippen LogP contribution < -0.4 is 5.32 Å². The van der Waals surface area contributed by atoms with Gasteiger partial charge in [0.15, 0.2) is 0 Å². The zero-order valence-electron chi connectivity index (χ0n) is 17.5. The molecule has 0 fully saturated rings. The van der Waals surface area contributed by atoms with Crippen LogP contribution in [0.1, 0.15) is 38.3 Å². The molecule has 0 saturated carbocycles. The molecule has 0 aliphatic rings. The van der Waals surface area contributed by atoms with Crippen LogP contribution >= 0.6 is 39.3 Å². The van der Waals surface area contributed by atoms with Crippen LogP contribution in [0.25, 0.3) is 0 Å². The Morgan fingerprint density at radius 1 is 1.13 bits per heavy atom. The summed E-state index contributed by atoms with van der Waals surface area (Å²) < 4.78 is 0.946. The molecule has 0 bridgehead atoms. The number of nitrogens with one attached hydrogen (secondary N) is 1. The Labute approximate surface area is 196 Å². The van der Waals surface area contributed by atoms with Crippen molar-refractivity contribution in [3.8, 4) is 0 Å². The lowest BCUT2D eigenvalue weighted by molar-refractivity contribution is -0.138. The molecule has 1 N–H and O–H groups in total. The lowest BCUT2D eigenvalue weighted by Crippen LogP contribution is -2.50. The van der Waals surface area contributed by atoms with Crippen LogP contribution in [0.2, 0.25) is 5.02 Å². The third kappa shape index (κ3) is 7.97. The Balaban J connectivity index is 2.07. The first-order chi connectivity index (χ1) is 14.3. The van der Waals surface area contributed by atoms with E-state index in [0.29, 0.717) is 23.1 Å². The number of amides is 2. The molecule has 2 rings (SSSR count). The summed E-state index contributed by atoms with van der Waals surface area (Å²) in [6, 6.07) is 14.9. The molecule has 0 aliphatic heterocycles. The van der Waals surface area contributed by atoms with E-state index in [0.717, 1.165) is 22.0 Å². The summed E-state index contributed by atoms with van der Waals surface area (Å²) in [7, 11) is 0. The van der Waals surface area contributed by atoms with Crippen molar-refractivity contribution < 1.29 is 9.59 Å². The first-order valence-corrected chi connectivity index (χ1v) is 12.3. The summed E-state index contributed by atoms with van der Waals surface area (Å²) >= 11 is 10.9. The van der Waals surface area contributed by atoms with E-state index in [1.165, 1.54) is 11.8 Å². The van der Waals surface area contributed by atoms with E-state index >= 15 is 0 Å². The number of carbonyl (C=O) groups is 2. The minimum atomic E-state index is -0.554. The molecule has 7 heteroatoms. The van der Waals surface area contributed by atoms with Gasteiger partial charge in [-0.1, -0.05) is 58.7 Å². The van der Waals surface area contributed by atoms with Gasteiger partial charge in [0.1, 0.15) is 6.04 Å². The summed E-state index contributed by atoms with van der Waals surface area (Å²) in [5.74, 6) is 0.828. The molecule has 2 amide bonds. The van der Waals surface area contributed by atoms with Gasteiger partial charge in [-0.3, -0.25) is 9.59 Å². The molecule has 2 aromatic carbocycles. The lowest BCUT2D eigenvalue weighted by Gasteiger charge is -2.29. The third-order valence-corrected chi connectivity index (χ3v) is 6.55. The maximum absolute atomic E-state index is 13.1. The van der Waals surface area contributed by atoms with Gasteiger partial charge < -0.3 is 10.2 Å². The highest BCUT2D eigenvalue weighted by molar-refractivity contribution is 9.10. The second-order valence-electron chi connectivity index (χ2n) is 7.26. The maximum atomic E-state index is 13.1. The number of nitrogens with zero attached hydrogens (tertiary/aromatic N) is 1. The van der Waals surface area contributed by atoms with Gasteiger partial charge in [-0.15, -0.1) is 11.8 Å². The minimum absolute atomic E-state index is 0.0549. The zero-order valence-corrected chi connectivity index (χ0v) is 20.7. The topological polar surface area (TPSA) is 49.4 Å². The number of benzene rings is 2. The summed E-state index contributed by atoms with van der Waals surface area (Å²) in [5.41, 5.74) is 2.09. The molecule has 30 heavy (non-hydrogen) atoms. The van der Waals surface area contributed by atoms with E-state index < -0.39 is 6.04 Å². The Kier molecular flexibility index (Phi) is 10.2. The highest BCUT2D eigenvalue weighted by Crippen LogP contribution is 2.19. The van der Waals surface area contributed by atoms with Crippen LogP contribution in [0.15, 0.2) is 53.0 Å². The molecule has 0 saturated heterocycles. The average Bonchev–Trinajstić information content (AvgIpc) is 2.72. The van der Waals surface area contributed by atoms with E-state index in [1.54, 1.807) is 11.8 Å². The Hall–Kier alpha value is -1.50. The normalized spacial score (nSPS) is 12.8. The third-order valence-electron chi connectivity index (χ3n) is 4.82. The van der Waals surface area contributed by atoms with Crippen LogP contribution in [0, 0.1) is 0 Å². The molecule has 0 radical (unpaired) electrons. The van der Waals surface area contributed by atoms with E-state index in [1.807, 2.05) is 62.4 Å². The van der Waals surface area contributed by atoms with Crippen LogP contribution in [-0.2, 0) is 21.9 Å². The van der Waals surface area contributed by atoms with Gasteiger partial charge in [0.05, 0.1) is 5.75 Å². The molecule has 0 heterocycles. The number of carbonyl (C=O) groups excluding carboxylic acids is 2. The van der Waals surface area contributed by atoms with E-state index in [9.17, 15) is 9.59 Å². The maximum Gasteiger partial charge on any atom is 0.242 e. The van der Waals surface area contributed by atoms with E-state index in [-0.39, 0.29) is 17.9 Å². The van der Waals surface area contributed by atoms with Crippen molar-refractivity contribution in [1.82, 2.24) is 10.2 Å². The summed E-state index contributed by atoms with van der Waals surface area (Å²) in [5, 5.41) is 3.68. The fourth-order valence-electron chi connectivity index (χ4n) is 2.80. The summed E-state index contributed by atoms with van der Waals surface area (Å²) in [6.07, 6.45) is 0.842. The van der Waals surface area contributed by atoms with Crippen molar-refractivity contribution in [2.45, 2.75) is 51.6 Å². The minimum Gasteiger partial charge on any atom is -0.352 e. The zero-order chi connectivity index (χ0) is 22.1. The molecular formula is C23H28BrClN2O2S. The fourth-order valence-corrected chi connectivity index (χ4v) is 4.24. The molecule has 2 unspecified atom stereocenters. The molecule has 162 valence electrons. The van der Waals surface area contributed by atoms with Crippen molar-refractivity contribution in [1.29, 1.82) is 0 Å². The molecule has 2 atom stereocenters. The predicted octanol–water partition coefficient (Wildman–Crippen LogP) is 5.67. The monoisotopic (exact) mass is 510 g/mol. The lowest BCUT2D eigenvalue weighted by atomic mass is 10.1. The van der Waals surface area contributed by atoms with Crippen molar-refractivity contribution >= 4 is 51.1 Å². The van der Waals surface area contributed by atoms with Gasteiger partial charge >= 0.3 is 0 Å². The van der Waals surface area contributed by atoms with Gasteiger partial charge in [0.2, 0.25) is 11.8 Å². The highest BCUT2D eigenvalue weighted by Gasteiger charge is 2.26. The van der Waals surface area contributed by atoms with Gasteiger partial charge in [-0.05, 0) is 55.7 Å². The van der Waals surface area contributed by atoms with E-state index in [2.05, 4.69) is 21.2 Å². The number of hydrogen-bond acceptors (Lipinski definition) is 3. The van der Waals surface area contributed by atoms with Gasteiger partial charge in [0.25, 0.3) is 0 Å². The highest BCUT2D eigenvalue weighted by atomic mass is 79.9. The van der Waals surface area contributed by atoms with Crippen LogP contribution in [0.4, 0.5) is 0 Å². The molecule has 0 spiro atoms. The molecule has 0 aliphatic carbocycles. The Morgan fingerprint density at radius 2 is 1.83 bits per heavy atom. The molecular weight excluding hydrogens is 484 g/mol. The van der Waals surface area contributed by atoms with E-state index in [4.69, 9.17) is 11.6 Å².